The molecule has 2 heteroatoms. The van der Waals surface area contributed by atoms with Gasteiger partial charge in [-0.15, -0.1) is 0 Å². The number of hydrogen-bond donors (Lipinski definition) is 1. The average Bonchev–Trinajstić information content (AvgIpc) is 2.82. The highest BCUT2D eigenvalue weighted by Gasteiger charge is 2.12. The van der Waals surface area contributed by atoms with Gasteiger partial charge in [-0.1, -0.05) is 66.2 Å². The normalized spacial score (nSPS) is 10.7. The SMILES string of the molecule is Cc1ccc(Nc2ccc(N(c3ccccc3)c3ccc4ccccc4c3)cc2)cc1. The van der Waals surface area contributed by atoms with Crippen LogP contribution in [0, 0.1) is 6.92 Å². The van der Waals surface area contributed by atoms with Gasteiger partial charge in [-0.05, 0) is 78.4 Å². The molecule has 0 spiro atoms. The van der Waals surface area contributed by atoms with Gasteiger partial charge in [0, 0.05) is 28.4 Å². The Bertz CT molecular complexity index is 1290. The second-order valence-electron chi connectivity index (χ2n) is 7.74. The molecule has 2 nitrogen and oxygen atoms in total. The Morgan fingerprint density at radius 2 is 1.03 bits per heavy atom. The highest BCUT2D eigenvalue weighted by molar-refractivity contribution is 5.89. The van der Waals surface area contributed by atoms with Crippen LogP contribution in [0.5, 0.6) is 0 Å². The number of nitrogens with one attached hydrogen (secondary N) is 1. The maximum Gasteiger partial charge on any atom is 0.0468 e. The van der Waals surface area contributed by atoms with E-state index < -0.39 is 0 Å². The number of aryl methyl sites for hydroxylation is 1. The highest BCUT2D eigenvalue weighted by atomic mass is 15.1. The van der Waals surface area contributed by atoms with Gasteiger partial charge in [0.25, 0.3) is 0 Å². The summed E-state index contributed by atoms with van der Waals surface area (Å²) in [6, 6.07) is 42.7. The topological polar surface area (TPSA) is 15.3 Å². The third-order valence-electron chi connectivity index (χ3n) is 5.47. The van der Waals surface area contributed by atoms with Gasteiger partial charge in [-0.25, -0.2) is 0 Å². The van der Waals surface area contributed by atoms with Crippen LogP contribution in [0.4, 0.5) is 28.4 Å². The molecule has 0 heterocycles. The molecule has 0 aliphatic carbocycles. The van der Waals surface area contributed by atoms with Crippen molar-refractivity contribution >= 4 is 39.2 Å². The van der Waals surface area contributed by atoms with Gasteiger partial charge in [0.1, 0.15) is 0 Å². The summed E-state index contributed by atoms with van der Waals surface area (Å²) in [7, 11) is 0. The van der Waals surface area contributed by atoms with Crippen molar-refractivity contribution in [2.24, 2.45) is 0 Å². The molecule has 0 aliphatic rings. The van der Waals surface area contributed by atoms with Crippen LogP contribution in [-0.2, 0) is 0 Å². The number of rotatable bonds is 5. The maximum atomic E-state index is 3.48. The molecule has 150 valence electrons. The molecule has 1 N–H and O–H groups in total. The van der Waals surface area contributed by atoms with E-state index in [-0.39, 0.29) is 0 Å². The smallest absolute Gasteiger partial charge is 0.0468 e. The Hall–Kier alpha value is -4.04. The summed E-state index contributed by atoms with van der Waals surface area (Å²) in [6.45, 7) is 2.10. The number of fused-ring (bicyclic) bond motifs is 1. The Morgan fingerprint density at radius 3 is 1.74 bits per heavy atom. The standard InChI is InChI=1S/C29H24N2/c1-22-11-14-25(15-12-22)30-26-16-19-28(20-17-26)31(27-9-3-2-4-10-27)29-18-13-23-7-5-6-8-24(23)21-29/h2-21,30H,1H3. The molecule has 0 saturated heterocycles. The predicted octanol–water partition coefficient (Wildman–Crippen LogP) is 8.36. The minimum atomic E-state index is 1.07. The Labute approximate surface area is 183 Å². The lowest BCUT2D eigenvalue weighted by Crippen LogP contribution is -2.09. The molecule has 0 atom stereocenters. The second kappa shape index (κ2) is 8.37. The van der Waals surface area contributed by atoms with Crippen LogP contribution in [0.15, 0.2) is 121 Å². The lowest BCUT2D eigenvalue weighted by Gasteiger charge is -2.26. The molecule has 0 bridgehead atoms. The van der Waals surface area contributed by atoms with E-state index in [1.807, 2.05) is 0 Å². The molecule has 5 aromatic rings. The minimum Gasteiger partial charge on any atom is -0.356 e. The van der Waals surface area contributed by atoms with Crippen LogP contribution >= 0.6 is 0 Å². The van der Waals surface area contributed by atoms with Gasteiger partial charge in [-0.3, -0.25) is 0 Å². The van der Waals surface area contributed by atoms with E-state index in [0.29, 0.717) is 0 Å². The van der Waals surface area contributed by atoms with E-state index in [1.165, 1.54) is 16.3 Å². The van der Waals surface area contributed by atoms with Crippen molar-refractivity contribution in [3.63, 3.8) is 0 Å². The monoisotopic (exact) mass is 400 g/mol. The number of anilines is 5. The van der Waals surface area contributed by atoms with E-state index in [4.69, 9.17) is 0 Å². The summed E-state index contributed by atoms with van der Waals surface area (Å²) in [5, 5.41) is 5.96. The molecule has 0 radical (unpaired) electrons. The maximum absolute atomic E-state index is 3.48. The fourth-order valence-electron chi connectivity index (χ4n) is 3.84. The first-order chi connectivity index (χ1) is 15.3. The summed E-state index contributed by atoms with van der Waals surface area (Å²) in [6.07, 6.45) is 0. The summed E-state index contributed by atoms with van der Waals surface area (Å²) in [5.74, 6) is 0. The molecule has 31 heavy (non-hydrogen) atoms. The third kappa shape index (κ3) is 4.15. The van der Waals surface area contributed by atoms with Crippen LogP contribution < -0.4 is 10.2 Å². The first-order valence-electron chi connectivity index (χ1n) is 10.5. The van der Waals surface area contributed by atoms with Crippen LogP contribution in [0.3, 0.4) is 0 Å². The average molecular weight is 401 g/mol. The zero-order valence-corrected chi connectivity index (χ0v) is 17.5. The van der Waals surface area contributed by atoms with Gasteiger partial charge >= 0.3 is 0 Å². The van der Waals surface area contributed by atoms with Crippen molar-refractivity contribution in [1.82, 2.24) is 0 Å². The molecule has 0 aromatic heterocycles. The van der Waals surface area contributed by atoms with Crippen LogP contribution in [0.2, 0.25) is 0 Å². The lowest BCUT2D eigenvalue weighted by molar-refractivity contribution is 1.29. The predicted molar refractivity (Wildman–Crippen MR) is 133 cm³/mol. The van der Waals surface area contributed by atoms with Crippen molar-refractivity contribution in [2.45, 2.75) is 6.92 Å². The van der Waals surface area contributed by atoms with Crippen molar-refractivity contribution < 1.29 is 0 Å². The van der Waals surface area contributed by atoms with Gasteiger partial charge < -0.3 is 10.2 Å². The zero-order chi connectivity index (χ0) is 21.0. The molecular weight excluding hydrogens is 376 g/mol. The molecule has 0 aliphatic heterocycles. The quantitative estimate of drug-likeness (QED) is 0.319. The largest absolute Gasteiger partial charge is 0.356 e. The summed E-state index contributed by atoms with van der Waals surface area (Å²) >= 11 is 0. The first kappa shape index (κ1) is 19.0. The van der Waals surface area contributed by atoms with Gasteiger partial charge in [-0.2, -0.15) is 0 Å². The molecule has 0 fully saturated rings. The van der Waals surface area contributed by atoms with E-state index >= 15 is 0 Å². The Balaban J connectivity index is 1.51. The molecule has 0 saturated carbocycles. The number of benzene rings is 5. The van der Waals surface area contributed by atoms with E-state index in [1.54, 1.807) is 0 Å². The second-order valence-corrected chi connectivity index (χ2v) is 7.74. The van der Waals surface area contributed by atoms with Gasteiger partial charge in [0.15, 0.2) is 0 Å². The van der Waals surface area contributed by atoms with Crippen molar-refractivity contribution in [3.05, 3.63) is 127 Å². The summed E-state index contributed by atoms with van der Waals surface area (Å²) in [5.41, 5.74) is 6.82. The van der Waals surface area contributed by atoms with E-state index in [9.17, 15) is 0 Å². The molecule has 5 aromatic carbocycles. The fourth-order valence-corrected chi connectivity index (χ4v) is 3.84. The van der Waals surface area contributed by atoms with E-state index in [2.05, 4.69) is 138 Å². The fraction of sp³-hybridized carbons (Fsp3) is 0.0345. The van der Waals surface area contributed by atoms with Crippen LogP contribution in [0.25, 0.3) is 10.8 Å². The van der Waals surface area contributed by atoms with Gasteiger partial charge in [0.2, 0.25) is 0 Å². The highest BCUT2D eigenvalue weighted by Crippen LogP contribution is 2.36. The van der Waals surface area contributed by atoms with Gasteiger partial charge in [0.05, 0.1) is 0 Å². The van der Waals surface area contributed by atoms with Crippen molar-refractivity contribution in [1.29, 1.82) is 0 Å². The minimum absolute atomic E-state index is 1.07. The van der Waals surface area contributed by atoms with Crippen molar-refractivity contribution in [2.75, 3.05) is 10.2 Å². The molecule has 5 rings (SSSR count). The zero-order valence-electron chi connectivity index (χ0n) is 17.5. The number of hydrogen-bond acceptors (Lipinski definition) is 2. The molecule has 0 amide bonds. The number of para-hydroxylation sites is 1. The third-order valence-corrected chi connectivity index (χ3v) is 5.47. The van der Waals surface area contributed by atoms with Crippen LogP contribution in [-0.4, -0.2) is 0 Å². The summed E-state index contributed by atoms with van der Waals surface area (Å²) in [4.78, 5) is 2.29. The Kier molecular flexibility index (Phi) is 5.12. The molecule has 0 unspecified atom stereocenters. The number of nitrogens with zero attached hydrogens (tertiary/aromatic N) is 1. The van der Waals surface area contributed by atoms with Crippen LogP contribution in [0.1, 0.15) is 5.56 Å². The first-order valence-corrected chi connectivity index (χ1v) is 10.5. The summed E-state index contributed by atoms with van der Waals surface area (Å²) < 4.78 is 0. The van der Waals surface area contributed by atoms with Crippen molar-refractivity contribution in [3.8, 4) is 0 Å². The lowest BCUT2D eigenvalue weighted by atomic mass is 10.1. The molecular formula is C29H24N2. The van der Waals surface area contributed by atoms with E-state index in [0.717, 1.165) is 28.4 Å². The Morgan fingerprint density at radius 1 is 0.484 bits per heavy atom.